The van der Waals surface area contributed by atoms with Crippen molar-refractivity contribution in [3.8, 4) is 0 Å². The van der Waals surface area contributed by atoms with Gasteiger partial charge in [0.05, 0.1) is 11.6 Å². The van der Waals surface area contributed by atoms with Crippen LogP contribution in [0.15, 0.2) is 78.5 Å². The van der Waals surface area contributed by atoms with E-state index < -0.39 is 17.7 Å². The number of aliphatic hydroxyl groups excluding tert-OH is 1. The monoisotopic (exact) mass is 424 g/mol. The molecule has 0 bridgehead atoms. The van der Waals surface area contributed by atoms with Crippen LogP contribution in [0.5, 0.6) is 0 Å². The van der Waals surface area contributed by atoms with E-state index in [1.165, 1.54) is 11.1 Å². The molecule has 1 N–H and O–H groups in total. The van der Waals surface area contributed by atoms with E-state index in [9.17, 15) is 14.7 Å². The molecule has 0 aliphatic carbocycles. The molecule has 0 unspecified atom stereocenters. The molecule has 5 nitrogen and oxygen atoms in total. The van der Waals surface area contributed by atoms with Crippen LogP contribution >= 0.6 is 23.2 Å². The van der Waals surface area contributed by atoms with E-state index in [1.807, 2.05) is 0 Å². The van der Waals surface area contributed by atoms with Crippen LogP contribution in [0.25, 0.3) is 5.76 Å². The zero-order chi connectivity index (χ0) is 20.5. The first-order valence-electron chi connectivity index (χ1n) is 8.71. The lowest BCUT2D eigenvalue weighted by Crippen LogP contribution is -2.30. The summed E-state index contributed by atoms with van der Waals surface area (Å²) in [4.78, 5) is 31.3. The Balaban J connectivity index is 1.94. The van der Waals surface area contributed by atoms with Crippen molar-refractivity contribution in [3.05, 3.63) is 99.7 Å². The van der Waals surface area contributed by atoms with Crippen LogP contribution in [-0.2, 0) is 9.59 Å². The summed E-state index contributed by atoms with van der Waals surface area (Å²) < 4.78 is 0. The van der Waals surface area contributed by atoms with Crippen molar-refractivity contribution in [2.24, 2.45) is 0 Å². The number of hydrogen-bond acceptors (Lipinski definition) is 4. The topological polar surface area (TPSA) is 70.5 Å². The molecule has 0 saturated carbocycles. The molecule has 144 valence electrons. The Labute approximate surface area is 176 Å². The fraction of sp³-hybridized carbons (Fsp3) is 0.0455. The van der Waals surface area contributed by atoms with Crippen molar-refractivity contribution >= 4 is 46.5 Å². The van der Waals surface area contributed by atoms with Crippen molar-refractivity contribution in [2.45, 2.75) is 6.04 Å². The smallest absolute Gasteiger partial charge is 0.301 e. The van der Waals surface area contributed by atoms with Crippen molar-refractivity contribution in [1.82, 2.24) is 4.98 Å². The molecular weight excluding hydrogens is 411 g/mol. The average molecular weight is 425 g/mol. The number of ketones is 1. The summed E-state index contributed by atoms with van der Waals surface area (Å²) in [6, 6.07) is 17.4. The van der Waals surface area contributed by atoms with E-state index in [2.05, 4.69) is 4.98 Å². The molecular formula is C22H14Cl2N2O3. The van der Waals surface area contributed by atoms with Gasteiger partial charge in [0.2, 0.25) is 0 Å². The molecule has 0 spiro atoms. The molecule has 1 aromatic heterocycles. The highest BCUT2D eigenvalue weighted by atomic mass is 35.5. The van der Waals surface area contributed by atoms with Gasteiger partial charge in [-0.2, -0.15) is 0 Å². The third-order valence-corrected chi connectivity index (χ3v) is 5.15. The van der Waals surface area contributed by atoms with Gasteiger partial charge >= 0.3 is 5.91 Å². The second-order valence-electron chi connectivity index (χ2n) is 6.42. The van der Waals surface area contributed by atoms with Gasteiger partial charge in [0, 0.05) is 21.8 Å². The van der Waals surface area contributed by atoms with Gasteiger partial charge < -0.3 is 5.11 Å². The minimum absolute atomic E-state index is 0.0229. The number of nitrogens with zero attached hydrogens (tertiary/aromatic N) is 2. The SMILES string of the molecule is O=C1C(=O)N(c2ccccn2)[C@H](c2ccc(Cl)cc2)C1=C(O)c1ccc(Cl)cc1. The number of pyridine rings is 1. The third kappa shape index (κ3) is 3.50. The number of halogens is 2. The van der Waals surface area contributed by atoms with Gasteiger partial charge in [-0.1, -0.05) is 41.4 Å². The number of aliphatic hydroxyl groups is 1. The summed E-state index contributed by atoms with van der Waals surface area (Å²) in [5, 5.41) is 11.9. The van der Waals surface area contributed by atoms with Gasteiger partial charge in [-0.25, -0.2) is 4.98 Å². The fourth-order valence-corrected chi connectivity index (χ4v) is 3.54. The number of benzene rings is 2. The normalized spacial score (nSPS) is 18.3. The van der Waals surface area contributed by atoms with Crippen LogP contribution in [0, 0.1) is 0 Å². The van der Waals surface area contributed by atoms with Crippen molar-refractivity contribution in [2.75, 3.05) is 4.90 Å². The van der Waals surface area contributed by atoms with E-state index in [0.29, 0.717) is 27.0 Å². The number of aromatic nitrogens is 1. The lowest BCUT2D eigenvalue weighted by Gasteiger charge is -2.24. The molecule has 1 aliphatic heterocycles. The van der Waals surface area contributed by atoms with Crippen molar-refractivity contribution in [1.29, 1.82) is 0 Å². The average Bonchev–Trinajstić information content (AvgIpc) is 3.00. The summed E-state index contributed by atoms with van der Waals surface area (Å²) in [6.07, 6.45) is 1.53. The van der Waals surface area contributed by atoms with E-state index in [-0.39, 0.29) is 11.3 Å². The van der Waals surface area contributed by atoms with Gasteiger partial charge in [-0.3, -0.25) is 14.5 Å². The number of rotatable bonds is 3. The first kappa shape index (κ1) is 19.2. The van der Waals surface area contributed by atoms with Gasteiger partial charge in [-0.05, 0) is 54.1 Å². The predicted octanol–water partition coefficient (Wildman–Crippen LogP) is 5.01. The van der Waals surface area contributed by atoms with Gasteiger partial charge in [0.25, 0.3) is 5.78 Å². The number of Topliss-reactive ketones (excluding diaryl/α,β-unsaturated/α-hetero) is 1. The molecule has 1 amide bonds. The Bertz CT molecular complexity index is 1110. The minimum atomic E-state index is -0.849. The molecule has 1 aliphatic rings. The standard InChI is InChI=1S/C22H14Cl2N2O3/c23-15-8-4-13(5-9-15)19-18(20(27)14-6-10-16(24)11-7-14)21(28)22(29)26(19)17-3-1-2-12-25-17/h1-12,19,27H/t19-/m1/s1. The molecule has 3 aromatic rings. The zero-order valence-electron chi connectivity index (χ0n) is 14.9. The van der Waals surface area contributed by atoms with E-state index in [4.69, 9.17) is 23.2 Å². The maximum absolute atomic E-state index is 12.9. The van der Waals surface area contributed by atoms with Crippen LogP contribution in [0.4, 0.5) is 5.82 Å². The van der Waals surface area contributed by atoms with Crippen LogP contribution in [-0.4, -0.2) is 21.8 Å². The summed E-state index contributed by atoms with van der Waals surface area (Å²) in [5.74, 6) is -1.52. The third-order valence-electron chi connectivity index (χ3n) is 4.64. The zero-order valence-corrected chi connectivity index (χ0v) is 16.4. The van der Waals surface area contributed by atoms with Crippen LogP contribution in [0.3, 0.4) is 0 Å². The number of hydrogen-bond donors (Lipinski definition) is 1. The highest BCUT2D eigenvalue weighted by Crippen LogP contribution is 2.41. The highest BCUT2D eigenvalue weighted by Gasteiger charge is 2.47. The fourth-order valence-electron chi connectivity index (χ4n) is 3.29. The summed E-state index contributed by atoms with van der Waals surface area (Å²) >= 11 is 11.9. The number of amides is 1. The molecule has 0 radical (unpaired) electrons. The first-order chi connectivity index (χ1) is 14.0. The van der Waals surface area contributed by atoms with Gasteiger partial charge in [-0.15, -0.1) is 0 Å². The van der Waals surface area contributed by atoms with E-state index in [0.717, 1.165) is 0 Å². The van der Waals surface area contributed by atoms with Crippen LogP contribution in [0.1, 0.15) is 17.2 Å². The molecule has 2 aromatic carbocycles. The van der Waals surface area contributed by atoms with E-state index in [1.54, 1.807) is 66.7 Å². The Kier molecular flexibility index (Phi) is 5.09. The Hall–Kier alpha value is -3.15. The Morgan fingerprint density at radius 2 is 1.52 bits per heavy atom. The maximum Gasteiger partial charge on any atom is 0.301 e. The molecule has 1 saturated heterocycles. The lowest BCUT2D eigenvalue weighted by molar-refractivity contribution is -0.132. The summed E-state index contributed by atoms with van der Waals surface area (Å²) in [7, 11) is 0. The Morgan fingerprint density at radius 3 is 2.10 bits per heavy atom. The van der Waals surface area contributed by atoms with Crippen molar-refractivity contribution < 1.29 is 14.7 Å². The molecule has 2 heterocycles. The van der Waals surface area contributed by atoms with Crippen molar-refractivity contribution in [3.63, 3.8) is 0 Å². The van der Waals surface area contributed by atoms with Crippen LogP contribution < -0.4 is 4.90 Å². The van der Waals surface area contributed by atoms with Crippen LogP contribution in [0.2, 0.25) is 10.0 Å². The summed E-state index contributed by atoms with van der Waals surface area (Å²) in [5.41, 5.74) is 0.979. The Morgan fingerprint density at radius 1 is 0.897 bits per heavy atom. The number of carbonyl (C=O) groups excluding carboxylic acids is 2. The maximum atomic E-state index is 12.9. The predicted molar refractivity (Wildman–Crippen MR) is 112 cm³/mol. The van der Waals surface area contributed by atoms with Gasteiger partial charge in [0.15, 0.2) is 0 Å². The molecule has 4 rings (SSSR count). The largest absolute Gasteiger partial charge is 0.507 e. The minimum Gasteiger partial charge on any atom is -0.507 e. The molecule has 29 heavy (non-hydrogen) atoms. The van der Waals surface area contributed by atoms with Gasteiger partial charge in [0.1, 0.15) is 11.6 Å². The number of anilines is 1. The quantitative estimate of drug-likeness (QED) is 0.364. The second-order valence-corrected chi connectivity index (χ2v) is 7.29. The summed E-state index contributed by atoms with van der Waals surface area (Å²) in [6.45, 7) is 0. The van der Waals surface area contributed by atoms with E-state index >= 15 is 0 Å². The highest BCUT2D eigenvalue weighted by molar-refractivity contribution is 6.51. The molecule has 1 fully saturated rings. The number of carbonyl (C=O) groups is 2. The molecule has 1 atom stereocenters. The second kappa shape index (κ2) is 7.70. The first-order valence-corrected chi connectivity index (χ1v) is 9.46. The lowest BCUT2D eigenvalue weighted by atomic mass is 9.95. The molecule has 7 heteroatoms.